The minimum atomic E-state index is -0.908. The van der Waals surface area contributed by atoms with E-state index in [1.54, 1.807) is 24.3 Å². The Morgan fingerprint density at radius 2 is 1.89 bits per heavy atom. The highest BCUT2D eigenvalue weighted by atomic mass is 16.6. The van der Waals surface area contributed by atoms with Gasteiger partial charge in [-0.3, -0.25) is 4.79 Å². The molecular weight excluding hydrogens is 250 g/mol. The second-order valence-corrected chi connectivity index (χ2v) is 3.82. The number of methoxy groups -OCH3 is 1. The molecule has 6 heteroatoms. The van der Waals surface area contributed by atoms with Gasteiger partial charge in [0.25, 0.3) is 0 Å². The minimum Gasteiger partial charge on any atom is -0.493 e. The highest BCUT2D eigenvalue weighted by Gasteiger charge is 2.17. The lowest BCUT2D eigenvalue weighted by molar-refractivity contribution is -0.165. The molecule has 0 aliphatic carbocycles. The summed E-state index contributed by atoms with van der Waals surface area (Å²) in [6.45, 7) is 1.61. The molecule has 1 rings (SSSR count). The average molecular weight is 267 g/mol. The molecule has 0 radical (unpaired) electrons. The van der Waals surface area contributed by atoms with Crippen molar-refractivity contribution in [3.63, 3.8) is 0 Å². The lowest BCUT2D eigenvalue weighted by Crippen LogP contribution is -2.26. The Hall–Kier alpha value is -2.24. The monoisotopic (exact) mass is 267 g/mol. The van der Waals surface area contributed by atoms with E-state index in [4.69, 9.17) is 15.2 Å². The molecule has 0 saturated heterocycles. The largest absolute Gasteiger partial charge is 0.493 e. The first-order valence-electron chi connectivity index (χ1n) is 5.78. The standard InChI is InChI=1S/C13H17NO5/c1-9(13(16)17-2)19-12(15)7-8-18-11-5-3-10(14)4-6-11/h3-6,9H,7-8,14H2,1-2H3. The van der Waals surface area contributed by atoms with E-state index in [-0.39, 0.29) is 13.0 Å². The van der Waals surface area contributed by atoms with E-state index in [1.807, 2.05) is 0 Å². The fraction of sp³-hybridized carbons (Fsp3) is 0.385. The molecule has 1 unspecified atom stereocenters. The second kappa shape index (κ2) is 7.25. The molecule has 0 saturated carbocycles. The number of hydrogen-bond acceptors (Lipinski definition) is 6. The lowest BCUT2D eigenvalue weighted by Gasteiger charge is -2.11. The van der Waals surface area contributed by atoms with Gasteiger partial charge in [-0.1, -0.05) is 0 Å². The van der Waals surface area contributed by atoms with Gasteiger partial charge in [0.15, 0.2) is 6.10 Å². The number of carbonyl (C=O) groups is 2. The smallest absolute Gasteiger partial charge is 0.346 e. The lowest BCUT2D eigenvalue weighted by atomic mass is 10.3. The average Bonchev–Trinajstić information content (AvgIpc) is 2.40. The van der Waals surface area contributed by atoms with Gasteiger partial charge in [-0.25, -0.2) is 4.79 Å². The molecule has 0 bridgehead atoms. The van der Waals surface area contributed by atoms with Gasteiger partial charge in [0.05, 0.1) is 20.1 Å². The molecule has 6 nitrogen and oxygen atoms in total. The second-order valence-electron chi connectivity index (χ2n) is 3.82. The number of anilines is 1. The van der Waals surface area contributed by atoms with Crippen LogP contribution in [-0.2, 0) is 19.1 Å². The Morgan fingerprint density at radius 3 is 2.47 bits per heavy atom. The summed E-state index contributed by atoms with van der Waals surface area (Å²) in [5, 5.41) is 0. The molecule has 0 spiro atoms. The van der Waals surface area contributed by atoms with Gasteiger partial charge in [-0.05, 0) is 31.2 Å². The van der Waals surface area contributed by atoms with Crippen LogP contribution in [0.3, 0.4) is 0 Å². The van der Waals surface area contributed by atoms with Gasteiger partial charge in [-0.15, -0.1) is 0 Å². The minimum absolute atomic E-state index is 0.0473. The highest BCUT2D eigenvalue weighted by Crippen LogP contribution is 2.13. The molecule has 0 amide bonds. The summed E-state index contributed by atoms with van der Waals surface area (Å²) in [7, 11) is 1.23. The van der Waals surface area contributed by atoms with E-state index >= 15 is 0 Å². The summed E-state index contributed by atoms with van der Waals surface area (Å²) in [6, 6.07) is 6.81. The summed E-state index contributed by atoms with van der Waals surface area (Å²) in [5.41, 5.74) is 6.16. The molecule has 0 fully saturated rings. The van der Waals surface area contributed by atoms with Crippen LogP contribution < -0.4 is 10.5 Å². The van der Waals surface area contributed by atoms with E-state index in [0.29, 0.717) is 11.4 Å². The molecule has 19 heavy (non-hydrogen) atoms. The van der Waals surface area contributed by atoms with Gasteiger partial charge in [0.2, 0.25) is 0 Å². The first-order chi connectivity index (χ1) is 9.02. The third-order valence-electron chi connectivity index (χ3n) is 2.30. The fourth-order valence-corrected chi connectivity index (χ4v) is 1.29. The van der Waals surface area contributed by atoms with Crippen LogP contribution in [0.5, 0.6) is 5.75 Å². The van der Waals surface area contributed by atoms with Crippen LogP contribution in [0.4, 0.5) is 5.69 Å². The molecule has 0 aliphatic rings. The first-order valence-corrected chi connectivity index (χ1v) is 5.78. The van der Waals surface area contributed by atoms with Crippen molar-refractivity contribution in [2.24, 2.45) is 0 Å². The maximum Gasteiger partial charge on any atom is 0.346 e. The highest BCUT2D eigenvalue weighted by molar-refractivity contribution is 5.78. The van der Waals surface area contributed by atoms with E-state index in [1.165, 1.54) is 14.0 Å². The van der Waals surface area contributed by atoms with Crippen molar-refractivity contribution in [1.82, 2.24) is 0 Å². The maximum absolute atomic E-state index is 11.4. The zero-order valence-electron chi connectivity index (χ0n) is 10.9. The Kier molecular flexibility index (Phi) is 5.66. The zero-order chi connectivity index (χ0) is 14.3. The number of benzene rings is 1. The van der Waals surface area contributed by atoms with Crippen LogP contribution in [0.1, 0.15) is 13.3 Å². The predicted molar refractivity (Wildman–Crippen MR) is 68.5 cm³/mol. The van der Waals surface area contributed by atoms with Crippen molar-refractivity contribution < 1.29 is 23.8 Å². The maximum atomic E-state index is 11.4. The normalized spacial score (nSPS) is 11.5. The summed E-state index contributed by atoms with van der Waals surface area (Å²) in [4.78, 5) is 22.4. The van der Waals surface area contributed by atoms with Crippen molar-refractivity contribution in [3.8, 4) is 5.75 Å². The Morgan fingerprint density at radius 1 is 1.26 bits per heavy atom. The molecule has 1 aromatic rings. The molecule has 0 aromatic heterocycles. The summed E-state index contributed by atoms with van der Waals surface area (Å²) >= 11 is 0. The van der Waals surface area contributed by atoms with E-state index in [2.05, 4.69) is 4.74 Å². The third-order valence-corrected chi connectivity index (χ3v) is 2.30. The van der Waals surface area contributed by atoms with Gasteiger partial charge in [-0.2, -0.15) is 0 Å². The van der Waals surface area contributed by atoms with E-state index < -0.39 is 18.0 Å². The first kappa shape index (κ1) is 14.8. The van der Waals surface area contributed by atoms with Gasteiger partial charge in [0.1, 0.15) is 5.75 Å². The van der Waals surface area contributed by atoms with Crippen LogP contribution in [-0.4, -0.2) is 31.8 Å². The number of nitrogens with two attached hydrogens (primary N) is 1. The number of nitrogen functional groups attached to an aromatic ring is 1. The molecule has 1 aromatic carbocycles. The summed E-state index contributed by atoms with van der Waals surface area (Å²) in [6.07, 6.45) is -0.861. The molecule has 2 N–H and O–H groups in total. The number of rotatable bonds is 6. The van der Waals surface area contributed by atoms with Crippen molar-refractivity contribution >= 4 is 17.6 Å². The van der Waals surface area contributed by atoms with Crippen molar-refractivity contribution in [2.45, 2.75) is 19.4 Å². The van der Waals surface area contributed by atoms with Crippen molar-refractivity contribution in [2.75, 3.05) is 19.5 Å². The molecule has 0 aliphatic heterocycles. The van der Waals surface area contributed by atoms with Gasteiger partial charge < -0.3 is 19.9 Å². The van der Waals surface area contributed by atoms with Crippen LogP contribution in [0, 0.1) is 0 Å². The summed E-state index contributed by atoms with van der Waals surface area (Å²) < 4.78 is 14.6. The predicted octanol–water partition coefficient (Wildman–Crippen LogP) is 1.14. The van der Waals surface area contributed by atoms with Crippen LogP contribution >= 0.6 is 0 Å². The Labute approximate surface area is 111 Å². The van der Waals surface area contributed by atoms with E-state index in [0.717, 1.165) is 0 Å². The molecule has 104 valence electrons. The SMILES string of the molecule is COC(=O)C(C)OC(=O)CCOc1ccc(N)cc1. The van der Waals surface area contributed by atoms with Crippen LogP contribution in [0.15, 0.2) is 24.3 Å². The van der Waals surface area contributed by atoms with E-state index in [9.17, 15) is 9.59 Å². The Balaban J connectivity index is 2.27. The number of esters is 2. The van der Waals surface area contributed by atoms with Crippen molar-refractivity contribution in [3.05, 3.63) is 24.3 Å². The number of carbonyl (C=O) groups excluding carboxylic acids is 2. The summed E-state index contributed by atoms with van der Waals surface area (Å²) in [5.74, 6) is -0.496. The quantitative estimate of drug-likeness (QED) is 0.614. The molecule has 1 atom stereocenters. The van der Waals surface area contributed by atoms with Crippen LogP contribution in [0.25, 0.3) is 0 Å². The molecular formula is C13H17NO5. The fourth-order valence-electron chi connectivity index (χ4n) is 1.29. The van der Waals surface area contributed by atoms with Crippen molar-refractivity contribution in [1.29, 1.82) is 0 Å². The van der Waals surface area contributed by atoms with Gasteiger partial charge in [0, 0.05) is 5.69 Å². The van der Waals surface area contributed by atoms with Gasteiger partial charge >= 0.3 is 11.9 Å². The third kappa shape index (κ3) is 5.29. The Bertz CT molecular complexity index is 429. The topological polar surface area (TPSA) is 87.8 Å². The number of hydrogen-bond donors (Lipinski definition) is 1. The molecule has 0 heterocycles. The number of ether oxygens (including phenoxy) is 3. The van der Waals surface area contributed by atoms with Crippen LogP contribution in [0.2, 0.25) is 0 Å². The zero-order valence-corrected chi connectivity index (χ0v) is 10.9.